The number of methoxy groups -OCH3 is 2. The first-order valence-electron chi connectivity index (χ1n) is 7.63. The molecule has 1 N–H and O–H groups in total. The van der Waals surface area contributed by atoms with E-state index in [2.05, 4.69) is 12.2 Å². The average Bonchev–Trinajstić information content (AvgIpc) is 2.96. The lowest BCUT2D eigenvalue weighted by atomic mass is 10.0. The van der Waals surface area contributed by atoms with Crippen molar-refractivity contribution < 1.29 is 9.47 Å². The monoisotopic (exact) mass is 318 g/mol. The third-order valence-corrected chi connectivity index (χ3v) is 5.25. The third kappa shape index (κ3) is 2.96. The second kappa shape index (κ2) is 6.67. The second-order valence-corrected chi connectivity index (χ2v) is 6.80. The van der Waals surface area contributed by atoms with Gasteiger partial charge in [0.25, 0.3) is 0 Å². The molecule has 1 unspecified atom stereocenters. The van der Waals surface area contributed by atoms with Gasteiger partial charge in [0.05, 0.1) is 24.9 Å². The van der Waals surface area contributed by atoms with Gasteiger partial charge in [-0.15, -0.1) is 11.3 Å². The Bertz CT molecular complexity index is 648. The van der Waals surface area contributed by atoms with E-state index in [-0.39, 0.29) is 0 Å². The highest BCUT2D eigenvalue weighted by molar-refractivity contribution is 7.12. The molecule has 1 fully saturated rings. The number of thiazole rings is 1. The molecule has 0 saturated carbocycles. The molecule has 118 valence electrons. The van der Waals surface area contributed by atoms with Crippen LogP contribution in [0.4, 0.5) is 0 Å². The molecular weight excluding hydrogens is 296 g/mol. The largest absolute Gasteiger partial charge is 0.497 e. The van der Waals surface area contributed by atoms with E-state index in [0.717, 1.165) is 35.8 Å². The van der Waals surface area contributed by atoms with Crippen molar-refractivity contribution in [1.82, 2.24) is 10.3 Å². The van der Waals surface area contributed by atoms with E-state index >= 15 is 0 Å². The maximum atomic E-state index is 5.51. The standard InChI is InChI=1S/C17H22N2O2S/c1-11-16(14-9-13(20-2)6-7-15(14)21-3)19-17(22-11)12-5-4-8-18-10-12/h6-7,9,12,18H,4-5,8,10H2,1-3H3. The maximum Gasteiger partial charge on any atom is 0.128 e. The smallest absolute Gasteiger partial charge is 0.128 e. The fraction of sp³-hybridized carbons (Fsp3) is 0.471. The summed E-state index contributed by atoms with van der Waals surface area (Å²) in [4.78, 5) is 6.16. The van der Waals surface area contributed by atoms with Gasteiger partial charge in [0, 0.05) is 22.9 Å². The van der Waals surface area contributed by atoms with Crippen LogP contribution in [0.2, 0.25) is 0 Å². The Balaban J connectivity index is 1.99. The number of benzene rings is 1. The minimum absolute atomic E-state index is 0.530. The van der Waals surface area contributed by atoms with Gasteiger partial charge in [-0.1, -0.05) is 0 Å². The zero-order chi connectivity index (χ0) is 15.5. The Labute approximate surface area is 135 Å². The number of nitrogens with one attached hydrogen (secondary N) is 1. The van der Waals surface area contributed by atoms with Crippen LogP contribution in [0.5, 0.6) is 11.5 Å². The fourth-order valence-corrected chi connectivity index (χ4v) is 3.97. The molecule has 1 aromatic carbocycles. The van der Waals surface area contributed by atoms with Crippen LogP contribution in [0.3, 0.4) is 0 Å². The van der Waals surface area contributed by atoms with Crippen LogP contribution in [-0.2, 0) is 0 Å². The second-order valence-electron chi connectivity index (χ2n) is 5.57. The first-order chi connectivity index (χ1) is 10.7. The van der Waals surface area contributed by atoms with Crippen molar-refractivity contribution in [3.05, 3.63) is 28.1 Å². The number of hydrogen-bond donors (Lipinski definition) is 1. The molecule has 0 bridgehead atoms. The summed E-state index contributed by atoms with van der Waals surface area (Å²) in [6.07, 6.45) is 2.44. The SMILES string of the molecule is COc1ccc(OC)c(-c2nc(C3CCCNC3)sc2C)c1. The van der Waals surface area contributed by atoms with Gasteiger partial charge in [0.1, 0.15) is 11.5 Å². The molecule has 1 aliphatic rings. The van der Waals surface area contributed by atoms with E-state index in [9.17, 15) is 0 Å². The van der Waals surface area contributed by atoms with Crippen LogP contribution in [-0.4, -0.2) is 32.3 Å². The van der Waals surface area contributed by atoms with Crippen LogP contribution in [0.15, 0.2) is 18.2 Å². The Hall–Kier alpha value is -1.59. The Morgan fingerprint density at radius 3 is 2.82 bits per heavy atom. The molecule has 4 nitrogen and oxygen atoms in total. The zero-order valence-corrected chi connectivity index (χ0v) is 14.1. The van der Waals surface area contributed by atoms with Crippen LogP contribution < -0.4 is 14.8 Å². The molecular formula is C17H22N2O2S. The summed E-state index contributed by atoms with van der Waals surface area (Å²) in [6.45, 7) is 4.28. The molecule has 1 aromatic heterocycles. The van der Waals surface area contributed by atoms with Crippen molar-refractivity contribution in [3.8, 4) is 22.8 Å². The van der Waals surface area contributed by atoms with Gasteiger partial charge < -0.3 is 14.8 Å². The Morgan fingerprint density at radius 1 is 1.27 bits per heavy atom. The number of aryl methyl sites for hydroxylation is 1. The van der Waals surface area contributed by atoms with Gasteiger partial charge in [-0.25, -0.2) is 4.98 Å². The summed E-state index contributed by atoms with van der Waals surface area (Å²) in [5.74, 6) is 2.19. The van der Waals surface area contributed by atoms with Gasteiger partial charge in [0.2, 0.25) is 0 Å². The van der Waals surface area contributed by atoms with E-state index in [1.54, 1.807) is 25.6 Å². The zero-order valence-electron chi connectivity index (χ0n) is 13.3. The molecule has 22 heavy (non-hydrogen) atoms. The molecule has 0 amide bonds. The Morgan fingerprint density at radius 2 is 2.14 bits per heavy atom. The number of ether oxygens (including phenoxy) is 2. The molecule has 0 radical (unpaired) electrons. The van der Waals surface area contributed by atoms with Crippen molar-refractivity contribution in [2.75, 3.05) is 27.3 Å². The number of hydrogen-bond acceptors (Lipinski definition) is 5. The summed E-state index contributed by atoms with van der Waals surface area (Å²) in [5, 5.41) is 4.69. The summed E-state index contributed by atoms with van der Waals surface area (Å²) in [6, 6.07) is 5.86. The highest BCUT2D eigenvalue weighted by atomic mass is 32.1. The van der Waals surface area contributed by atoms with Crippen molar-refractivity contribution in [2.45, 2.75) is 25.7 Å². The fourth-order valence-electron chi connectivity index (χ4n) is 2.90. The van der Waals surface area contributed by atoms with Crippen LogP contribution in [0, 0.1) is 6.92 Å². The quantitative estimate of drug-likeness (QED) is 0.935. The van der Waals surface area contributed by atoms with Crippen molar-refractivity contribution in [1.29, 1.82) is 0 Å². The van der Waals surface area contributed by atoms with Gasteiger partial charge in [0.15, 0.2) is 0 Å². The van der Waals surface area contributed by atoms with E-state index in [4.69, 9.17) is 14.5 Å². The average molecular weight is 318 g/mol. The molecule has 1 saturated heterocycles. The van der Waals surface area contributed by atoms with Gasteiger partial charge >= 0.3 is 0 Å². The topological polar surface area (TPSA) is 43.4 Å². The van der Waals surface area contributed by atoms with E-state index in [0.29, 0.717) is 5.92 Å². The van der Waals surface area contributed by atoms with Gasteiger partial charge in [-0.2, -0.15) is 0 Å². The first kappa shape index (κ1) is 15.3. The molecule has 1 atom stereocenters. The summed E-state index contributed by atoms with van der Waals surface area (Å²) < 4.78 is 10.9. The molecule has 2 aromatic rings. The molecule has 2 heterocycles. The minimum atomic E-state index is 0.530. The lowest BCUT2D eigenvalue weighted by molar-refractivity contribution is 0.404. The third-order valence-electron chi connectivity index (χ3n) is 4.12. The molecule has 0 spiro atoms. The minimum Gasteiger partial charge on any atom is -0.497 e. The Kier molecular flexibility index (Phi) is 4.64. The lowest BCUT2D eigenvalue weighted by Gasteiger charge is -2.20. The predicted molar refractivity (Wildman–Crippen MR) is 90.2 cm³/mol. The number of rotatable bonds is 4. The number of piperidine rings is 1. The summed E-state index contributed by atoms with van der Waals surface area (Å²) >= 11 is 1.80. The van der Waals surface area contributed by atoms with Crippen LogP contribution >= 0.6 is 11.3 Å². The molecule has 3 rings (SSSR count). The molecule has 0 aliphatic carbocycles. The number of nitrogens with zero attached hydrogens (tertiary/aromatic N) is 1. The van der Waals surface area contributed by atoms with Gasteiger partial charge in [-0.05, 0) is 44.5 Å². The van der Waals surface area contributed by atoms with Crippen molar-refractivity contribution in [3.63, 3.8) is 0 Å². The van der Waals surface area contributed by atoms with E-state index in [1.165, 1.54) is 22.7 Å². The van der Waals surface area contributed by atoms with E-state index in [1.807, 2.05) is 18.2 Å². The van der Waals surface area contributed by atoms with Crippen LogP contribution in [0.25, 0.3) is 11.3 Å². The van der Waals surface area contributed by atoms with E-state index < -0.39 is 0 Å². The molecule has 1 aliphatic heterocycles. The summed E-state index contributed by atoms with van der Waals surface area (Å²) in [5.41, 5.74) is 2.02. The van der Waals surface area contributed by atoms with Crippen LogP contribution in [0.1, 0.15) is 28.6 Å². The van der Waals surface area contributed by atoms with Gasteiger partial charge in [-0.3, -0.25) is 0 Å². The first-order valence-corrected chi connectivity index (χ1v) is 8.45. The normalized spacial score (nSPS) is 18.2. The van der Waals surface area contributed by atoms with Crippen molar-refractivity contribution >= 4 is 11.3 Å². The highest BCUT2D eigenvalue weighted by Gasteiger charge is 2.22. The lowest BCUT2D eigenvalue weighted by Crippen LogP contribution is -2.28. The maximum absolute atomic E-state index is 5.51. The predicted octanol–water partition coefficient (Wildman–Crippen LogP) is 3.60. The van der Waals surface area contributed by atoms with Crippen molar-refractivity contribution in [2.24, 2.45) is 0 Å². The number of aromatic nitrogens is 1. The highest BCUT2D eigenvalue weighted by Crippen LogP contribution is 2.39. The molecule has 5 heteroatoms. The summed E-state index contributed by atoms with van der Waals surface area (Å²) in [7, 11) is 3.37.